The number of guanidine groups is 1. The lowest BCUT2D eigenvalue weighted by Crippen LogP contribution is -2.46. The summed E-state index contributed by atoms with van der Waals surface area (Å²) < 4.78 is 5.77. The maximum Gasteiger partial charge on any atom is 0.191 e. The van der Waals surface area contributed by atoms with Crippen LogP contribution in [0, 0.1) is 5.92 Å². The molecule has 2 N–H and O–H groups in total. The van der Waals surface area contributed by atoms with Crippen molar-refractivity contribution in [2.24, 2.45) is 10.9 Å². The fraction of sp³-hybridized carbons (Fsp3) is 0.938. The van der Waals surface area contributed by atoms with Gasteiger partial charge < -0.3 is 15.4 Å². The van der Waals surface area contributed by atoms with E-state index >= 15 is 0 Å². The second-order valence-electron chi connectivity index (χ2n) is 6.73. The number of halogens is 1. The highest BCUT2D eigenvalue weighted by atomic mass is 127. The molecular formula is C16H33IN4OS. The van der Waals surface area contributed by atoms with E-state index in [2.05, 4.69) is 46.1 Å². The number of hydrogen-bond acceptors (Lipinski definition) is 4. The zero-order chi connectivity index (χ0) is 15.8. The molecule has 2 fully saturated rings. The number of hydrogen-bond donors (Lipinski definition) is 2. The van der Waals surface area contributed by atoms with E-state index in [1.54, 1.807) is 0 Å². The molecule has 0 spiro atoms. The van der Waals surface area contributed by atoms with E-state index in [4.69, 9.17) is 4.74 Å². The molecule has 2 atom stereocenters. The van der Waals surface area contributed by atoms with Crippen LogP contribution in [0.2, 0.25) is 0 Å². The first kappa shape index (κ1) is 21.3. The van der Waals surface area contributed by atoms with Crippen LogP contribution in [-0.4, -0.2) is 74.3 Å². The van der Waals surface area contributed by atoms with Gasteiger partial charge in [0.2, 0.25) is 0 Å². The van der Waals surface area contributed by atoms with Crippen LogP contribution in [0.4, 0.5) is 0 Å². The van der Waals surface area contributed by atoms with E-state index in [9.17, 15) is 0 Å². The van der Waals surface area contributed by atoms with Gasteiger partial charge in [0.25, 0.3) is 0 Å². The van der Waals surface area contributed by atoms with Crippen LogP contribution in [0.25, 0.3) is 0 Å². The summed E-state index contributed by atoms with van der Waals surface area (Å²) in [5.41, 5.74) is 0. The Balaban J connectivity index is 0.00000264. The molecule has 0 amide bonds. The highest BCUT2D eigenvalue weighted by Crippen LogP contribution is 2.36. The molecule has 0 radical (unpaired) electrons. The minimum atomic E-state index is 0. The molecule has 136 valence electrons. The Hall–Kier alpha value is 0.270. The second kappa shape index (κ2) is 11.0. The van der Waals surface area contributed by atoms with Crippen molar-refractivity contribution in [1.82, 2.24) is 15.5 Å². The summed E-state index contributed by atoms with van der Waals surface area (Å²) in [4.78, 5) is 6.84. The molecule has 7 heteroatoms. The standard InChI is InChI=1S/C16H32N4OS.HI/c1-14(12-20-6-8-21-9-7-20)11-18-15(17-3)19-13-16(2)5-4-10-22-16;/h14H,4-13H2,1-3H3,(H2,17,18,19);1H. The molecular weight excluding hydrogens is 423 g/mol. The molecule has 2 saturated heterocycles. The maximum absolute atomic E-state index is 5.40. The topological polar surface area (TPSA) is 48.9 Å². The Morgan fingerprint density at radius 2 is 2.09 bits per heavy atom. The van der Waals surface area contributed by atoms with Crippen LogP contribution in [0.1, 0.15) is 26.7 Å². The zero-order valence-corrected chi connectivity index (χ0v) is 17.9. The average molecular weight is 456 g/mol. The highest BCUT2D eigenvalue weighted by Gasteiger charge is 2.29. The fourth-order valence-corrected chi connectivity index (χ4v) is 4.27. The van der Waals surface area contributed by atoms with Gasteiger partial charge in [-0.25, -0.2) is 0 Å². The number of rotatable bonds is 6. The van der Waals surface area contributed by atoms with Gasteiger partial charge in [0.1, 0.15) is 0 Å². The number of thioether (sulfide) groups is 1. The summed E-state index contributed by atoms with van der Waals surface area (Å²) in [6, 6.07) is 0. The van der Waals surface area contributed by atoms with Crippen molar-refractivity contribution in [2.45, 2.75) is 31.4 Å². The fourth-order valence-electron chi connectivity index (χ4n) is 3.03. The van der Waals surface area contributed by atoms with E-state index in [0.29, 0.717) is 10.7 Å². The summed E-state index contributed by atoms with van der Waals surface area (Å²) in [6.07, 6.45) is 2.64. The third kappa shape index (κ3) is 7.79. The van der Waals surface area contributed by atoms with Crippen LogP contribution in [0.15, 0.2) is 4.99 Å². The monoisotopic (exact) mass is 456 g/mol. The van der Waals surface area contributed by atoms with Crippen molar-refractivity contribution < 1.29 is 4.74 Å². The molecule has 2 aliphatic heterocycles. The van der Waals surface area contributed by atoms with Crippen molar-refractivity contribution in [3.05, 3.63) is 0 Å². The molecule has 2 unspecified atom stereocenters. The average Bonchev–Trinajstić information content (AvgIpc) is 2.95. The summed E-state index contributed by atoms with van der Waals surface area (Å²) >= 11 is 2.08. The van der Waals surface area contributed by atoms with E-state index in [1.165, 1.54) is 18.6 Å². The molecule has 2 aliphatic rings. The van der Waals surface area contributed by atoms with Crippen molar-refractivity contribution in [3.63, 3.8) is 0 Å². The van der Waals surface area contributed by atoms with Gasteiger partial charge in [-0.1, -0.05) is 6.92 Å². The number of aliphatic imine (C=N–C) groups is 1. The van der Waals surface area contributed by atoms with E-state index < -0.39 is 0 Å². The summed E-state index contributed by atoms with van der Waals surface area (Å²) in [6.45, 7) is 11.6. The maximum atomic E-state index is 5.40. The van der Waals surface area contributed by atoms with Crippen molar-refractivity contribution in [3.8, 4) is 0 Å². The molecule has 2 rings (SSSR count). The molecule has 23 heavy (non-hydrogen) atoms. The SMILES string of the molecule is CN=C(NCC(C)CN1CCOCC1)NCC1(C)CCCS1.I. The molecule has 0 aromatic heterocycles. The van der Waals surface area contributed by atoms with Crippen molar-refractivity contribution in [2.75, 3.05) is 58.7 Å². The van der Waals surface area contributed by atoms with Gasteiger partial charge in [0.05, 0.1) is 13.2 Å². The van der Waals surface area contributed by atoms with E-state index in [-0.39, 0.29) is 24.0 Å². The summed E-state index contributed by atoms with van der Waals surface area (Å²) in [5, 5.41) is 6.97. The van der Waals surface area contributed by atoms with Crippen LogP contribution >= 0.6 is 35.7 Å². The van der Waals surface area contributed by atoms with Gasteiger partial charge in [0, 0.05) is 44.5 Å². The van der Waals surface area contributed by atoms with Crippen LogP contribution in [0.5, 0.6) is 0 Å². The van der Waals surface area contributed by atoms with Crippen LogP contribution < -0.4 is 10.6 Å². The highest BCUT2D eigenvalue weighted by molar-refractivity contribution is 14.0. The van der Waals surface area contributed by atoms with Gasteiger partial charge in [0.15, 0.2) is 5.96 Å². The first-order valence-corrected chi connectivity index (χ1v) is 9.48. The minimum absolute atomic E-state index is 0. The Kier molecular flexibility index (Phi) is 10.2. The normalized spacial score (nSPS) is 27.3. The van der Waals surface area contributed by atoms with Crippen molar-refractivity contribution in [1.29, 1.82) is 0 Å². The van der Waals surface area contributed by atoms with E-state index in [1.807, 2.05) is 7.05 Å². The Labute approximate surface area is 162 Å². The lowest BCUT2D eigenvalue weighted by atomic mass is 10.1. The molecule has 0 aliphatic carbocycles. The number of ether oxygens (including phenoxy) is 1. The predicted molar refractivity (Wildman–Crippen MR) is 111 cm³/mol. The first-order valence-electron chi connectivity index (χ1n) is 8.50. The third-order valence-corrected chi connectivity index (χ3v) is 5.98. The Morgan fingerprint density at radius 1 is 1.35 bits per heavy atom. The molecule has 0 aromatic rings. The van der Waals surface area contributed by atoms with Gasteiger partial charge in [-0.05, 0) is 31.4 Å². The van der Waals surface area contributed by atoms with Gasteiger partial charge >= 0.3 is 0 Å². The third-order valence-electron chi connectivity index (χ3n) is 4.45. The second-order valence-corrected chi connectivity index (χ2v) is 8.41. The molecule has 5 nitrogen and oxygen atoms in total. The molecule has 2 heterocycles. The molecule has 0 saturated carbocycles. The largest absolute Gasteiger partial charge is 0.379 e. The molecule has 0 aromatic carbocycles. The van der Waals surface area contributed by atoms with Gasteiger partial charge in [-0.15, -0.1) is 24.0 Å². The summed E-state index contributed by atoms with van der Waals surface area (Å²) in [7, 11) is 1.85. The lowest BCUT2D eigenvalue weighted by Gasteiger charge is -2.29. The Morgan fingerprint density at radius 3 is 2.70 bits per heavy atom. The van der Waals surface area contributed by atoms with E-state index in [0.717, 1.165) is 51.9 Å². The number of nitrogens with one attached hydrogen (secondary N) is 2. The number of nitrogens with zero attached hydrogens (tertiary/aromatic N) is 2. The summed E-state index contributed by atoms with van der Waals surface area (Å²) in [5.74, 6) is 2.83. The van der Waals surface area contributed by atoms with Gasteiger partial charge in [-0.2, -0.15) is 11.8 Å². The van der Waals surface area contributed by atoms with Crippen molar-refractivity contribution >= 4 is 41.7 Å². The van der Waals surface area contributed by atoms with Gasteiger partial charge in [-0.3, -0.25) is 9.89 Å². The van der Waals surface area contributed by atoms with Crippen LogP contribution in [0.3, 0.4) is 0 Å². The minimum Gasteiger partial charge on any atom is -0.379 e. The Bertz CT molecular complexity index is 358. The lowest BCUT2D eigenvalue weighted by molar-refractivity contribution is 0.0320. The quantitative estimate of drug-likeness (QED) is 0.364. The predicted octanol–water partition coefficient (Wildman–Crippen LogP) is 2.02. The first-order chi connectivity index (χ1) is 10.6. The smallest absolute Gasteiger partial charge is 0.191 e. The molecule has 0 bridgehead atoms. The number of morpholine rings is 1. The zero-order valence-electron chi connectivity index (χ0n) is 14.8. The van der Waals surface area contributed by atoms with Crippen LogP contribution in [-0.2, 0) is 4.74 Å².